The van der Waals surface area contributed by atoms with E-state index in [1.54, 1.807) is 0 Å². The molecule has 2 rings (SSSR count). The maximum atomic E-state index is 10.1. The third-order valence-corrected chi connectivity index (χ3v) is 3.75. The molecule has 1 saturated carbocycles. The molecule has 0 aromatic heterocycles. The molecule has 1 aliphatic carbocycles. The van der Waals surface area contributed by atoms with E-state index in [9.17, 15) is 5.11 Å². The van der Waals surface area contributed by atoms with Crippen LogP contribution in [0.1, 0.15) is 32.3 Å². The normalized spacial score (nSPS) is 18.9. The highest BCUT2D eigenvalue weighted by atomic mass is 16.3. The molecule has 1 fully saturated rings. The van der Waals surface area contributed by atoms with Gasteiger partial charge in [-0.15, -0.1) is 0 Å². The Morgan fingerprint density at radius 1 is 1.22 bits per heavy atom. The lowest BCUT2D eigenvalue weighted by molar-refractivity contribution is 0.160. The molecular weight excluding hydrogens is 222 g/mol. The van der Waals surface area contributed by atoms with E-state index in [-0.39, 0.29) is 6.10 Å². The second-order valence-electron chi connectivity index (χ2n) is 5.86. The number of aliphatic hydroxyl groups is 1. The van der Waals surface area contributed by atoms with E-state index in [1.807, 2.05) is 18.2 Å². The first-order valence-electron chi connectivity index (χ1n) is 7.12. The van der Waals surface area contributed by atoms with Gasteiger partial charge in [-0.05, 0) is 36.7 Å². The Morgan fingerprint density at radius 2 is 1.89 bits per heavy atom. The Bertz CT molecular complexity index is 343. The summed E-state index contributed by atoms with van der Waals surface area (Å²) in [6.07, 6.45) is 3.16. The lowest BCUT2D eigenvalue weighted by Gasteiger charge is -2.24. The Labute approximate surface area is 110 Å². The largest absolute Gasteiger partial charge is 0.391 e. The summed E-state index contributed by atoms with van der Waals surface area (Å²) in [5.41, 5.74) is 1.21. The highest BCUT2D eigenvalue weighted by Crippen LogP contribution is 2.35. The van der Waals surface area contributed by atoms with Gasteiger partial charge in [-0.2, -0.15) is 0 Å². The summed E-state index contributed by atoms with van der Waals surface area (Å²) in [6.45, 7) is 5.23. The maximum absolute atomic E-state index is 10.1. The van der Waals surface area contributed by atoms with Gasteiger partial charge < -0.3 is 10.4 Å². The van der Waals surface area contributed by atoms with Gasteiger partial charge in [0.15, 0.2) is 0 Å². The van der Waals surface area contributed by atoms with Crippen molar-refractivity contribution in [1.29, 1.82) is 0 Å². The third kappa shape index (κ3) is 4.11. The third-order valence-electron chi connectivity index (χ3n) is 3.75. The smallest absolute Gasteiger partial charge is 0.0704 e. The molecule has 0 heterocycles. The maximum Gasteiger partial charge on any atom is 0.0704 e. The predicted octanol–water partition coefficient (Wildman–Crippen LogP) is 2.61. The molecular formula is C16H25NO. The molecule has 0 bridgehead atoms. The van der Waals surface area contributed by atoms with Crippen LogP contribution in [-0.2, 0) is 6.42 Å². The Balaban J connectivity index is 1.75. The average molecular weight is 247 g/mol. The van der Waals surface area contributed by atoms with Gasteiger partial charge in [-0.1, -0.05) is 44.2 Å². The summed E-state index contributed by atoms with van der Waals surface area (Å²) < 4.78 is 0. The van der Waals surface area contributed by atoms with E-state index in [0.29, 0.717) is 18.5 Å². The lowest BCUT2D eigenvalue weighted by Crippen LogP contribution is -2.40. The minimum atomic E-state index is -0.285. The molecule has 100 valence electrons. The summed E-state index contributed by atoms with van der Waals surface area (Å²) in [6, 6.07) is 10.8. The fraction of sp³-hybridized carbons (Fsp3) is 0.625. The monoisotopic (exact) mass is 247 g/mol. The molecule has 18 heavy (non-hydrogen) atoms. The van der Waals surface area contributed by atoms with Crippen LogP contribution < -0.4 is 5.32 Å². The molecule has 0 spiro atoms. The van der Waals surface area contributed by atoms with Crippen molar-refractivity contribution in [2.75, 3.05) is 6.54 Å². The zero-order chi connectivity index (χ0) is 13.0. The van der Waals surface area contributed by atoms with Crippen LogP contribution in [0.25, 0.3) is 0 Å². The van der Waals surface area contributed by atoms with Gasteiger partial charge in [0, 0.05) is 12.6 Å². The first-order valence-corrected chi connectivity index (χ1v) is 7.12. The van der Waals surface area contributed by atoms with E-state index >= 15 is 0 Å². The fourth-order valence-electron chi connectivity index (χ4n) is 2.63. The van der Waals surface area contributed by atoms with Gasteiger partial charge in [0.05, 0.1) is 6.10 Å². The van der Waals surface area contributed by atoms with Gasteiger partial charge in [-0.25, -0.2) is 0 Å². The number of benzene rings is 1. The van der Waals surface area contributed by atoms with Crippen LogP contribution in [0.15, 0.2) is 30.3 Å². The van der Waals surface area contributed by atoms with Crippen LogP contribution in [0.4, 0.5) is 0 Å². The zero-order valence-electron chi connectivity index (χ0n) is 11.5. The highest BCUT2D eigenvalue weighted by Gasteiger charge is 2.32. The first kappa shape index (κ1) is 13.6. The van der Waals surface area contributed by atoms with E-state index in [0.717, 1.165) is 12.3 Å². The fourth-order valence-corrected chi connectivity index (χ4v) is 2.63. The molecule has 2 heteroatoms. The Morgan fingerprint density at radius 3 is 2.44 bits per heavy atom. The van der Waals surface area contributed by atoms with E-state index in [4.69, 9.17) is 0 Å². The molecule has 1 aliphatic rings. The van der Waals surface area contributed by atoms with Gasteiger partial charge in [0.25, 0.3) is 0 Å². The summed E-state index contributed by atoms with van der Waals surface area (Å²) in [5, 5.41) is 13.6. The van der Waals surface area contributed by atoms with Crippen LogP contribution >= 0.6 is 0 Å². The molecule has 2 N–H and O–H groups in total. The minimum Gasteiger partial charge on any atom is -0.391 e. The molecule has 1 aromatic carbocycles. The second kappa shape index (κ2) is 6.35. The molecule has 2 nitrogen and oxygen atoms in total. The van der Waals surface area contributed by atoms with E-state index in [1.165, 1.54) is 18.4 Å². The average Bonchev–Trinajstić information content (AvgIpc) is 3.14. The van der Waals surface area contributed by atoms with Crippen LogP contribution in [0, 0.1) is 11.8 Å². The standard InChI is InChI=1S/C16H25NO/c1-12(2)16(14-8-9-14)17-11-15(18)10-13-6-4-3-5-7-13/h3-7,12,14-18H,8-11H2,1-2H3. The number of rotatable bonds is 7. The first-order chi connectivity index (χ1) is 8.66. The van der Waals surface area contributed by atoms with Crippen LogP contribution in [0.2, 0.25) is 0 Å². The van der Waals surface area contributed by atoms with Crippen molar-refractivity contribution in [3.8, 4) is 0 Å². The highest BCUT2D eigenvalue weighted by molar-refractivity contribution is 5.15. The van der Waals surface area contributed by atoms with E-state index < -0.39 is 0 Å². The zero-order valence-corrected chi connectivity index (χ0v) is 11.5. The molecule has 0 aliphatic heterocycles. The van der Waals surface area contributed by atoms with Gasteiger partial charge >= 0.3 is 0 Å². The van der Waals surface area contributed by atoms with Crippen molar-refractivity contribution in [2.45, 2.75) is 45.3 Å². The predicted molar refractivity (Wildman–Crippen MR) is 75.5 cm³/mol. The van der Waals surface area contributed by atoms with Crippen molar-refractivity contribution >= 4 is 0 Å². The van der Waals surface area contributed by atoms with Crippen molar-refractivity contribution < 1.29 is 5.11 Å². The summed E-state index contributed by atoms with van der Waals surface area (Å²) in [4.78, 5) is 0. The minimum absolute atomic E-state index is 0.285. The Kier molecular flexibility index (Phi) is 4.79. The van der Waals surface area contributed by atoms with Crippen LogP contribution in [0.3, 0.4) is 0 Å². The number of aliphatic hydroxyl groups excluding tert-OH is 1. The summed E-state index contributed by atoms with van der Waals surface area (Å²) in [7, 11) is 0. The van der Waals surface area contributed by atoms with Crippen molar-refractivity contribution in [2.24, 2.45) is 11.8 Å². The van der Waals surface area contributed by atoms with E-state index in [2.05, 4.69) is 31.3 Å². The molecule has 2 atom stereocenters. The van der Waals surface area contributed by atoms with Crippen LogP contribution in [-0.4, -0.2) is 23.8 Å². The second-order valence-corrected chi connectivity index (χ2v) is 5.86. The molecule has 0 amide bonds. The molecule has 0 saturated heterocycles. The van der Waals surface area contributed by atoms with Crippen molar-refractivity contribution in [1.82, 2.24) is 5.32 Å². The van der Waals surface area contributed by atoms with Gasteiger partial charge in [0.2, 0.25) is 0 Å². The molecule has 0 radical (unpaired) electrons. The molecule has 2 unspecified atom stereocenters. The van der Waals surface area contributed by atoms with Gasteiger partial charge in [-0.3, -0.25) is 0 Å². The number of hydrogen-bond donors (Lipinski definition) is 2. The van der Waals surface area contributed by atoms with Gasteiger partial charge in [0.1, 0.15) is 0 Å². The van der Waals surface area contributed by atoms with Crippen molar-refractivity contribution in [3.05, 3.63) is 35.9 Å². The van der Waals surface area contributed by atoms with Crippen molar-refractivity contribution in [3.63, 3.8) is 0 Å². The quantitative estimate of drug-likeness (QED) is 0.776. The number of nitrogens with one attached hydrogen (secondary N) is 1. The lowest BCUT2D eigenvalue weighted by atomic mass is 9.99. The molecule has 1 aromatic rings. The van der Waals surface area contributed by atoms with Crippen LogP contribution in [0.5, 0.6) is 0 Å². The Hall–Kier alpha value is -0.860. The SMILES string of the molecule is CC(C)C(NCC(O)Cc1ccccc1)C1CC1. The summed E-state index contributed by atoms with van der Waals surface area (Å²) in [5.74, 6) is 1.50. The topological polar surface area (TPSA) is 32.3 Å². The number of hydrogen-bond acceptors (Lipinski definition) is 2. The summed E-state index contributed by atoms with van der Waals surface area (Å²) >= 11 is 0.